The van der Waals surface area contributed by atoms with Gasteiger partial charge in [-0.2, -0.15) is 4.31 Å². The van der Waals surface area contributed by atoms with Crippen LogP contribution in [0.15, 0.2) is 20.0 Å². The van der Waals surface area contributed by atoms with Gasteiger partial charge in [0, 0.05) is 19.2 Å². The van der Waals surface area contributed by atoms with Gasteiger partial charge in [0.1, 0.15) is 4.90 Å². The van der Waals surface area contributed by atoms with Crippen molar-refractivity contribution in [2.75, 3.05) is 13.1 Å². The van der Waals surface area contributed by atoms with E-state index in [2.05, 4.69) is 29.8 Å². The Kier molecular flexibility index (Phi) is 4.27. The molecule has 0 saturated carbocycles. The third-order valence-electron chi connectivity index (χ3n) is 3.61. The third kappa shape index (κ3) is 2.77. The number of carbonyl (C=O) groups is 1. The number of carboxylic acid groups (broad SMARTS) is 1. The summed E-state index contributed by atoms with van der Waals surface area (Å²) < 4.78 is 31.2. The van der Waals surface area contributed by atoms with E-state index < -0.39 is 21.8 Å². The van der Waals surface area contributed by atoms with E-state index in [0.29, 0.717) is 24.9 Å². The Morgan fingerprint density at radius 3 is 2.65 bits per heavy atom. The molecule has 0 amide bonds. The number of furan rings is 1. The van der Waals surface area contributed by atoms with Crippen LogP contribution in [0.2, 0.25) is 0 Å². The topological polar surface area (TPSA) is 87.8 Å². The molecule has 0 radical (unpaired) electrons. The molecule has 2 rings (SSSR count). The minimum Gasteiger partial charge on any atom is -0.475 e. The van der Waals surface area contributed by atoms with Crippen molar-refractivity contribution in [1.29, 1.82) is 0 Å². The SMILES string of the molecule is CC(C)C1CCN(S(=O)(=O)c2cc(C(=O)O)oc2Br)C1. The summed E-state index contributed by atoms with van der Waals surface area (Å²) in [5.74, 6) is -0.948. The summed E-state index contributed by atoms with van der Waals surface area (Å²) in [5.41, 5.74) is 0. The zero-order valence-electron chi connectivity index (χ0n) is 11.2. The number of rotatable bonds is 4. The standard InChI is InChI=1S/C12H16BrNO5S/c1-7(2)8-3-4-14(6-8)20(17,18)10-5-9(12(15)16)19-11(10)13/h5,7-8H,3-4,6H2,1-2H3,(H,15,16). The van der Waals surface area contributed by atoms with Crippen molar-refractivity contribution in [2.45, 2.75) is 25.2 Å². The quantitative estimate of drug-likeness (QED) is 0.884. The molecule has 112 valence electrons. The number of nitrogens with zero attached hydrogens (tertiary/aromatic N) is 1. The van der Waals surface area contributed by atoms with Crippen LogP contribution in [-0.2, 0) is 10.0 Å². The van der Waals surface area contributed by atoms with Gasteiger partial charge in [-0.05, 0) is 34.2 Å². The highest BCUT2D eigenvalue weighted by Gasteiger charge is 2.36. The van der Waals surface area contributed by atoms with E-state index in [0.717, 1.165) is 12.5 Å². The van der Waals surface area contributed by atoms with Crippen LogP contribution in [0.1, 0.15) is 30.8 Å². The molecule has 1 aromatic heterocycles. The Balaban J connectivity index is 2.30. The van der Waals surface area contributed by atoms with Gasteiger partial charge in [0.2, 0.25) is 15.8 Å². The zero-order chi connectivity index (χ0) is 15.1. The summed E-state index contributed by atoms with van der Waals surface area (Å²) in [7, 11) is -3.72. The first-order valence-corrected chi connectivity index (χ1v) is 8.49. The molecule has 1 aromatic rings. The van der Waals surface area contributed by atoms with E-state index in [1.807, 2.05) is 0 Å². The van der Waals surface area contributed by atoms with Gasteiger partial charge in [-0.3, -0.25) is 0 Å². The van der Waals surface area contributed by atoms with Gasteiger partial charge in [-0.15, -0.1) is 0 Å². The Hall–Kier alpha value is -0.860. The fourth-order valence-corrected chi connectivity index (χ4v) is 4.70. The molecule has 8 heteroatoms. The summed E-state index contributed by atoms with van der Waals surface area (Å²) in [5, 5.41) is 8.85. The Morgan fingerprint density at radius 2 is 2.20 bits per heavy atom. The molecule has 0 aromatic carbocycles. The van der Waals surface area contributed by atoms with Crippen molar-refractivity contribution in [1.82, 2.24) is 4.31 Å². The molecular formula is C12H16BrNO5S. The molecule has 2 heterocycles. The Labute approximate surface area is 125 Å². The lowest BCUT2D eigenvalue weighted by molar-refractivity contribution is 0.0661. The highest BCUT2D eigenvalue weighted by molar-refractivity contribution is 9.10. The minimum absolute atomic E-state index is 0.0668. The molecule has 0 bridgehead atoms. The number of aromatic carboxylic acids is 1. The molecule has 20 heavy (non-hydrogen) atoms. The minimum atomic E-state index is -3.72. The third-order valence-corrected chi connectivity index (χ3v) is 6.34. The maximum absolute atomic E-state index is 12.5. The van der Waals surface area contributed by atoms with Crippen molar-refractivity contribution in [2.24, 2.45) is 11.8 Å². The van der Waals surface area contributed by atoms with Crippen LogP contribution < -0.4 is 0 Å². The Bertz CT molecular complexity index is 622. The lowest BCUT2D eigenvalue weighted by atomic mass is 9.96. The fraction of sp³-hybridized carbons (Fsp3) is 0.583. The summed E-state index contributed by atoms with van der Waals surface area (Å²) in [6, 6.07) is 1.05. The van der Waals surface area contributed by atoms with Crippen LogP contribution in [0.4, 0.5) is 0 Å². The van der Waals surface area contributed by atoms with Crippen molar-refractivity contribution in [3.05, 3.63) is 16.5 Å². The predicted octanol–water partition coefficient (Wildman–Crippen LogP) is 2.41. The number of hydrogen-bond acceptors (Lipinski definition) is 4. The van der Waals surface area contributed by atoms with Crippen LogP contribution in [-0.4, -0.2) is 36.9 Å². The first-order chi connectivity index (χ1) is 9.23. The van der Waals surface area contributed by atoms with E-state index in [1.54, 1.807) is 0 Å². The zero-order valence-corrected chi connectivity index (χ0v) is 13.6. The summed E-state index contributed by atoms with van der Waals surface area (Å²) in [4.78, 5) is 10.7. The number of carboxylic acids is 1. The fourth-order valence-electron chi connectivity index (χ4n) is 2.29. The Morgan fingerprint density at radius 1 is 1.55 bits per heavy atom. The molecular weight excluding hydrogens is 350 g/mol. The molecule has 1 N–H and O–H groups in total. The lowest BCUT2D eigenvalue weighted by Gasteiger charge is -2.17. The van der Waals surface area contributed by atoms with E-state index in [1.165, 1.54) is 4.31 Å². The van der Waals surface area contributed by atoms with Gasteiger partial charge in [0.15, 0.2) is 4.67 Å². The second-order valence-electron chi connectivity index (χ2n) is 5.21. The highest BCUT2D eigenvalue weighted by atomic mass is 79.9. The monoisotopic (exact) mass is 365 g/mol. The number of halogens is 1. The molecule has 1 saturated heterocycles. The maximum atomic E-state index is 12.5. The van der Waals surface area contributed by atoms with E-state index in [4.69, 9.17) is 9.52 Å². The normalized spacial score (nSPS) is 20.7. The van der Waals surface area contributed by atoms with Crippen LogP contribution >= 0.6 is 15.9 Å². The maximum Gasteiger partial charge on any atom is 0.371 e. The second-order valence-corrected chi connectivity index (χ2v) is 7.84. The molecule has 1 fully saturated rings. The molecule has 1 aliphatic heterocycles. The van der Waals surface area contributed by atoms with Crippen LogP contribution in [0.25, 0.3) is 0 Å². The summed E-state index contributed by atoms with van der Waals surface area (Å²) in [6.45, 7) is 5.04. The van der Waals surface area contributed by atoms with Gasteiger partial charge in [0.05, 0.1) is 0 Å². The summed E-state index contributed by atoms with van der Waals surface area (Å²) >= 11 is 2.98. The first kappa shape index (κ1) is 15.5. The van der Waals surface area contributed by atoms with Crippen molar-refractivity contribution in [3.8, 4) is 0 Å². The van der Waals surface area contributed by atoms with Crippen molar-refractivity contribution >= 4 is 31.9 Å². The highest BCUT2D eigenvalue weighted by Crippen LogP contribution is 2.33. The first-order valence-electron chi connectivity index (χ1n) is 6.26. The smallest absolute Gasteiger partial charge is 0.371 e. The van der Waals surface area contributed by atoms with Crippen LogP contribution in [0.3, 0.4) is 0 Å². The average Bonchev–Trinajstić information content (AvgIpc) is 2.94. The van der Waals surface area contributed by atoms with Gasteiger partial charge < -0.3 is 9.52 Å². The molecule has 0 aliphatic carbocycles. The van der Waals surface area contributed by atoms with Gasteiger partial charge >= 0.3 is 5.97 Å². The summed E-state index contributed by atoms with van der Waals surface area (Å²) in [6.07, 6.45) is 0.818. The van der Waals surface area contributed by atoms with Gasteiger partial charge in [-0.1, -0.05) is 13.8 Å². The van der Waals surface area contributed by atoms with E-state index in [-0.39, 0.29) is 9.56 Å². The average molecular weight is 366 g/mol. The van der Waals surface area contributed by atoms with E-state index in [9.17, 15) is 13.2 Å². The van der Waals surface area contributed by atoms with Gasteiger partial charge in [-0.25, -0.2) is 13.2 Å². The van der Waals surface area contributed by atoms with Crippen molar-refractivity contribution in [3.63, 3.8) is 0 Å². The second kappa shape index (κ2) is 5.50. The number of hydrogen-bond donors (Lipinski definition) is 1. The van der Waals surface area contributed by atoms with Crippen molar-refractivity contribution < 1.29 is 22.7 Å². The molecule has 6 nitrogen and oxygen atoms in total. The van der Waals surface area contributed by atoms with Crippen LogP contribution in [0, 0.1) is 11.8 Å². The van der Waals surface area contributed by atoms with Gasteiger partial charge in [0.25, 0.3) is 0 Å². The molecule has 1 unspecified atom stereocenters. The van der Waals surface area contributed by atoms with E-state index >= 15 is 0 Å². The number of sulfonamides is 1. The van der Waals surface area contributed by atoms with Crippen LogP contribution in [0.5, 0.6) is 0 Å². The predicted molar refractivity (Wildman–Crippen MR) is 75.1 cm³/mol. The largest absolute Gasteiger partial charge is 0.475 e. The lowest BCUT2D eigenvalue weighted by Crippen LogP contribution is -2.29. The molecule has 1 atom stereocenters. The molecule has 0 spiro atoms. The molecule has 1 aliphatic rings.